The van der Waals surface area contributed by atoms with Gasteiger partial charge in [-0.05, 0) is 29.3 Å². The second kappa shape index (κ2) is 6.17. The lowest BCUT2D eigenvalue weighted by atomic mass is 9.74. The van der Waals surface area contributed by atoms with E-state index in [2.05, 4.69) is 10.6 Å². The third-order valence-electron chi connectivity index (χ3n) is 5.34. The summed E-state index contributed by atoms with van der Waals surface area (Å²) in [6, 6.07) is 13.9. The molecule has 0 saturated heterocycles. The van der Waals surface area contributed by atoms with Crippen molar-refractivity contribution >= 4 is 52.1 Å². The first-order valence-corrected chi connectivity index (χ1v) is 9.98. The maximum Gasteiger partial charge on any atom is 0.346 e. The predicted octanol–water partition coefficient (Wildman–Crippen LogP) is 4.35. The summed E-state index contributed by atoms with van der Waals surface area (Å²) in [5.74, 6) is -1.78. The zero-order chi connectivity index (χ0) is 20.3. The van der Waals surface area contributed by atoms with E-state index in [-0.39, 0.29) is 23.1 Å². The molecule has 2 aliphatic heterocycles. The molecule has 1 aromatic heterocycles. The molecule has 0 aliphatic carbocycles. The molecule has 0 saturated carbocycles. The van der Waals surface area contributed by atoms with Crippen molar-refractivity contribution in [2.45, 2.75) is 11.8 Å². The van der Waals surface area contributed by atoms with Crippen LogP contribution in [0.5, 0.6) is 0 Å². The number of hydrogen-bond acceptors (Lipinski definition) is 4. The maximum atomic E-state index is 13.1. The number of amides is 2. The third kappa shape index (κ3) is 2.44. The number of carbonyl (C=O) groups is 3. The Morgan fingerprint density at radius 1 is 1.07 bits per heavy atom. The van der Waals surface area contributed by atoms with Crippen LogP contribution in [0.15, 0.2) is 48.5 Å². The van der Waals surface area contributed by atoms with Crippen molar-refractivity contribution in [2.24, 2.45) is 0 Å². The minimum Gasteiger partial charge on any atom is -0.477 e. The Labute approximate surface area is 174 Å². The van der Waals surface area contributed by atoms with Crippen LogP contribution in [0, 0.1) is 0 Å². The Hall–Kier alpha value is -3.16. The Kier molecular flexibility index (Phi) is 3.81. The molecule has 0 unspecified atom stereocenters. The van der Waals surface area contributed by atoms with Crippen LogP contribution >= 0.6 is 22.9 Å². The first kappa shape index (κ1) is 17.9. The maximum absolute atomic E-state index is 13.1. The molecule has 6 nitrogen and oxygen atoms in total. The zero-order valence-electron chi connectivity index (χ0n) is 14.8. The summed E-state index contributed by atoms with van der Waals surface area (Å²) in [7, 11) is 0. The van der Waals surface area contributed by atoms with Crippen molar-refractivity contribution in [1.29, 1.82) is 0 Å². The summed E-state index contributed by atoms with van der Waals surface area (Å²) in [6.45, 7) is 0. The van der Waals surface area contributed by atoms with E-state index in [9.17, 15) is 19.5 Å². The van der Waals surface area contributed by atoms with E-state index in [0.29, 0.717) is 38.0 Å². The highest BCUT2D eigenvalue weighted by Gasteiger charge is 2.55. The minimum absolute atomic E-state index is 0.0658. The Morgan fingerprint density at radius 3 is 2.52 bits per heavy atom. The first-order chi connectivity index (χ1) is 13.9. The summed E-state index contributed by atoms with van der Waals surface area (Å²) in [5, 5.41) is 16.0. The van der Waals surface area contributed by atoms with Gasteiger partial charge in [-0.2, -0.15) is 0 Å². The summed E-state index contributed by atoms with van der Waals surface area (Å²) >= 11 is 7.01. The van der Waals surface area contributed by atoms with Gasteiger partial charge in [0.25, 0.3) is 0 Å². The molecule has 3 aromatic rings. The average Bonchev–Trinajstić information content (AvgIpc) is 3.20. The quantitative estimate of drug-likeness (QED) is 0.570. The van der Waals surface area contributed by atoms with Gasteiger partial charge < -0.3 is 15.7 Å². The largest absolute Gasteiger partial charge is 0.477 e. The minimum atomic E-state index is -1.24. The third-order valence-corrected chi connectivity index (χ3v) is 6.93. The number of aromatic carboxylic acids is 1. The second-order valence-electron chi connectivity index (χ2n) is 6.95. The van der Waals surface area contributed by atoms with Gasteiger partial charge in [0.2, 0.25) is 11.8 Å². The van der Waals surface area contributed by atoms with E-state index in [4.69, 9.17) is 11.6 Å². The molecule has 2 aliphatic rings. The molecular weight excluding hydrogens is 412 g/mol. The number of rotatable bonds is 2. The number of carbonyl (C=O) groups excluding carboxylic acids is 2. The summed E-state index contributed by atoms with van der Waals surface area (Å²) in [4.78, 5) is 38.5. The molecule has 0 radical (unpaired) electrons. The van der Waals surface area contributed by atoms with Gasteiger partial charge in [0.1, 0.15) is 10.3 Å². The van der Waals surface area contributed by atoms with Gasteiger partial charge in [-0.15, -0.1) is 11.3 Å². The van der Waals surface area contributed by atoms with Crippen molar-refractivity contribution < 1.29 is 19.5 Å². The van der Waals surface area contributed by atoms with Gasteiger partial charge in [0.05, 0.1) is 17.0 Å². The van der Waals surface area contributed by atoms with Crippen molar-refractivity contribution in [3.8, 4) is 11.1 Å². The molecule has 3 heterocycles. The Morgan fingerprint density at radius 2 is 1.79 bits per heavy atom. The number of carboxylic acid groups (broad SMARTS) is 1. The van der Waals surface area contributed by atoms with Gasteiger partial charge >= 0.3 is 5.97 Å². The van der Waals surface area contributed by atoms with Crippen LogP contribution < -0.4 is 10.6 Å². The molecule has 29 heavy (non-hydrogen) atoms. The van der Waals surface area contributed by atoms with Crippen molar-refractivity contribution in [3.63, 3.8) is 0 Å². The van der Waals surface area contributed by atoms with E-state index in [0.717, 1.165) is 11.3 Å². The van der Waals surface area contributed by atoms with E-state index in [1.165, 1.54) is 0 Å². The fourth-order valence-electron chi connectivity index (χ4n) is 4.11. The van der Waals surface area contributed by atoms with Crippen molar-refractivity contribution in [2.75, 3.05) is 10.6 Å². The molecule has 0 bridgehead atoms. The van der Waals surface area contributed by atoms with Crippen LogP contribution in [0.3, 0.4) is 0 Å². The molecule has 2 amide bonds. The number of benzene rings is 2. The van der Waals surface area contributed by atoms with Crippen LogP contribution in [-0.4, -0.2) is 22.9 Å². The second-order valence-corrected chi connectivity index (χ2v) is 8.41. The predicted molar refractivity (Wildman–Crippen MR) is 111 cm³/mol. The first-order valence-electron chi connectivity index (χ1n) is 8.79. The number of nitrogens with one attached hydrogen (secondary N) is 2. The molecular formula is C21H13ClN2O4S. The standard InChI is InChI=1S/C21H13ClN2O4S/c22-11-7-5-10(6-8-11)15-16-18(29-17(15)19(26)27)21(9-14(25)24-16)12-3-1-2-4-13(12)23-20(21)28/h1-8H,9H2,(H,23,28)(H,24,25)(H,26,27)/t21-/m1/s1. The van der Waals surface area contributed by atoms with Crippen molar-refractivity contribution in [3.05, 3.63) is 68.9 Å². The van der Waals surface area contributed by atoms with Gasteiger partial charge in [0.15, 0.2) is 0 Å². The fourth-order valence-corrected chi connectivity index (χ4v) is 5.56. The molecule has 144 valence electrons. The molecule has 5 rings (SSSR count). The molecule has 8 heteroatoms. The normalized spacial score (nSPS) is 19.5. The van der Waals surface area contributed by atoms with Crippen LogP contribution in [0.1, 0.15) is 26.5 Å². The highest BCUT2D eigenvalue weighted by Crippen LogP contribution is 2.56. The number of carboxylic acids is 1. The SMILES string of the molecule is O=C1C[C@]2(C(=O)Nc3ccccc32)c2sc(C(=O)O)c(-c3ccc(Cl)cc3)c2N1. The fraction of sp³-hybridized carbons (Fsp3) is 0.0952. The molecule has 2 aromatic carbocycles. The average molecular weight is 425 g/mol. The van der Waals surface area contributed by atoms with Crippen LogP contribution in [0.2, 0.25) is 5.02 Å². The lowest BCUT2D eigenvalue weighted by molar-refractivity contribution is -0.125. The summed E-state index contributed by atoms with van der Waals surface area (Å²) < 4.78 is 0. The summed E-state index contributed by atoms with van der Waals surface area (Å²) in [5.41, 5.74) is 1.44. The molecule has 3 N–H and O–H groups in total. The van der Waals surface area contributed by atoms with Gasteiger partial charge in [-0.25, -0.2) is 4.79 Å². The Bertz CT molecular complexity index is 1220. The Balaban J connectivity index is 1.84. The number of halogens is 1. The van der Waals surface area contributed by atoms with E-state index in [1.54, 1.807) is 48.5 Å². The summed E-state index contributed by atoms with van der Waals surface area (Å²) in [6.07, 6.45) is -0.0809. The number of fused-ring (bicyclic) bond motifs is 4. The smallest absolute Gasteiger partial charge is 0.346 e. The monoisotopic (exact) mass is 424 g/mol. The topological polar surface area (TPSA) is 95.5 Å². The van der Waals surface area contributed by atoms with E-state index in [1.807, 2.05) is 0 Å². The highest BCUT2D eigenvalue weighted by atomic mass is 35.5. The van der Waals surface area contributed by atoms with Crippen molar-refractivity contribution in [1.82, 2.24) is 0 Å². The van der Waals surface area contributed by atoms with Gasteiger partial charge in [-0.1, -0.05) is 41.9 Å². The van der Waals surface area contributed by atoms with Crippen LogP contribution in [0.25, 0.3) is 11.1 Å². The van der Waals surface area contributed by atoms with E-state index >= 15 is 0 Å². The van der Waals surface area contributed by atoms with Crippen LogP contribution in [-0.2, 0) is 15.0 Å². The lowest BCUT2D eigenvalue weighted by Gasteiger charge is -2.31. The zero-order valence-corrected chi connectivity index (χ0v) is 16.4. The molecule has 0 fully saturated rings. The molecule has 1 spiro atoms. The number of para-hydroxylation sites is 1. The lowest BCUT2D eigenvalue weighted by Crippen LogP contribution is -2.42. The number of thiophene rings is 1. The van der Waals surface area contributed by atoms with E-state index < -0.39 is 11.4 Å². The number of anilines is 2. The van der Waals surface area contributed by atoms with Gasteiger partial charge in [0, 0.05) is 16.3 Å². The van der Waals surface area contributed by atoms with Gasteiger partial charge in [-0.3, -0.25) is 9.59 Å². The highest BCUT2D eigenvalue weighted by molar-refractivity contribution is 7.15. The number of hydrogen-bond donors (Lipinski definition) is 3. The molecule has 1 atom stereocenters. The van der Waals surface area contributed by atoms with Crippen LogP contribution in [0.4, 0.5) is 11.4 Å².